The monoisotopic (exact) mass is 386 g/mol. The van der Waals surface area contributed by atoms with Gasteiger partial charge in [0.1, 0.15) is 0 Å². The smallest absolute Gasteiger partial charge is 0.0595 e. The molecule has 4 aliphatic rings. The standard InChI is InChI=1S/C18H21BrCl2/c19-15(8-10-1-2-16(20)17(21)9-10)18-13-4-11-3-12(6-13)7-14(18)5-11/h1-2,9,11-15,18H,3-8H2. The SMILES string of the molecule is Clc1ccc(CC(Br)C2C3CC4CC(C3)CC2C4)cc1Cl. The minimum absolute atomic E-state index is 0.588. The molecule has 0 nitrogen and oxygen atoms in total. The fourth-order valence-corrected chi connectivity index (χ4v) is 7.14. The summed E-state index contributed by atoms with van der Waals surface area (Å²) in [6.07, 6.45) is 8.55. The van der Waals surface area contributed by atoms with Gasteiger partial charge in [-0.3, -0.25) is 0 Å². The molecule has 0 aliphatic heterocycles. The van der Waals surface area contributed by atoms with Crippen LogP contribution in [0.1, 0.15) is 37.7 Å². The zero-order chi connectivity index (χ0) is 14.6. The van der Waals surface area contributed by atoms with Crippen LogP contribution in [-0.2, 0) is 6.42 Å². The summed E-state index contributed by atoms with van der Waals surface area (Å²) in [6, 6.07) is 6.09. The summed E-state index contributed by atoms with van der Waals surface area (Å²) in [4.78, 5) is 0.588. The summed E-state index contributed by atoms with van der Waals surface area (Å²) in [7, 11) is 0. The molecular weight excluding hydrogens is 367 g/mol. The average molecular weight is 388 g/mol. The third-order valence-electron chi connectivity index (χ3n) is 6.13. The molecule has 1 unspecified atom stereocenters. The topological polar surface area (TPSA) is 0 Å². The molecule has 4 aliphatic carbocycles. The maximum Gasteiger partial charge on any atom is 0.0595 e. The highest BCUT2D eigenvalue weighted by Crippen LogP contribution is 2.58. The molecule has 5 rings (SSSR count). The average Bonchev–Trinajstić information content (AvgIpc) is 2.41. The molecule has 4 fully saturated rings. The molecule has 0 aromatic heterocycles. The maximum absolute atomic E-state index is 6.16. The van der Waals surface area contributed by atoms with E-state index >= 15 is 0 Å². The predicted molar refractivity (Wildman–Crippen MR) is 93.4 cm³/mol. The highest BCUT2D eigenvalue weighted by atomic mass is 79.9. The Hall–Kier alpha value is 0.280. The number of hydrogen-bond donors (Lipinski definition) is 0. The van der Waals surface area contributed by atoms with Gasteiger partial charge in [-0.05, 0) is 85.8 Å². The van der Waals surface area contributed by atoms with Crippen molar-refractivity contribution >= 4 is 39.1 Å². The molecule has 0 radical (unpaired) electrons. The van der Waals surface area contributed by atoms with Gasteiger partial charge in [0.15, 0.2) is 0 Å². The van der Waals surface area contributed by atoms with Crippen molar-refractivity contribution in [3.63, 3.8) is 0 Å². The van der Waals surface area contributed by atoms with E-state index in [1.807, 2.05) is 12.1 Å². The molecule has 21 heavy (non-hydrogen) atoms. The molecule has 0 saturated heterocycles. The number of rotatable bonds is 3. The van der Waals surface area contributed by atoms with E-state index in [2.05, 4.69) is 22.0 Å². The second-order valence-electron chi connectivity index (χ2n) is 7.48. The van der Waals surface area contributed by atoms with Crippen LogP contribution in [0.2, 0.25) is 10.0 Å². The fraction of sp³-hybridized carbons (Fsp3) is 0.667. The van der Waals surface area contributed by atoms with Crippen molar-refractivity contribution < 1.29 is 0 Å². The van der Waals surface area contributed by atoms with Crippen LogP contribution in [0.5, 0.6) is 0 Å². The third kappa shape index (κ3) is 2.79. The number of alkyl halides is 1. The normalized spacial score (nSPS) is 38.7. The lowest BCUT2D eigenvalue weighted by Crippen LogP contribution is -2.48. The summed E-state index contributed by atoms with van der Waals surface area (Å²) in [5, 5.41) is 1.33. The van der Waals surface area contributed by atoms with Crippen molar-refractivity contribution in [3.05, 3.63) is 33.8 Å². The van der Waals surface area contributed by atoms with E-state index in [-0.39, 0.29) is 0 Å². The Balaban J connectivity index is 1.49. The van der Waals surface area contributed by atoms with E-state index < -0.39 is 0 Å². The van der Waals surface area contributed by atoms with Gasteiger partial charge in [-0.25, -0.2) is 0 Å². The van der Waals surface area contributed by atoms with Crippen LogP contribution >= 0.6 is 39.1 Å². The largest absolute Gasteiger partial charge is 0.0884 e. The van der Waals surface area contributed by atoms with Gasteiger partial charge in [0.05, 0.1) is 10.0 Å². The Morgan fingerprint density at radius 2 is 1.57 bits per heavy atom. The third-order valence-corrected chi connectivity index (χ3v) is 7.81. The van der Waals surface area contributed by atoms with Crippen molar-refractivity contribution in [2.75, 3.05) is 0 Å². The van der Waals surface area contributed by atoms with Crippen LogP contribution in [0, 0.1) is 29.6 Å². The second kappa shape index (κ2) is 5.73. The van der Waals surface area contributed by atoms with Gasteiger partial charge in [-0.1, -0.05) is 45.2 Å². The van der Waals surface area contributed by atoms with E-state index in [1.165, 1.54) is 37.7 Å². The van der Waals surface area contributed by atoms with Crippen molar-refractivity contribution in [1.29, 1.82) is 0 Å². The quantitative estimate of drug-likeness (QED) is 0.528. The summed E-state index contributed by atoms with van der Waals surface area (Å²) in [6.45, 7) is 0. The molecule has 0 spiro atoms. The second-order valence-corrected chi connectivity index (χ2v) is 9.47. The first-order valence-electron chi connectivity index (χ1n) is 8.18. The molecule has 1 aromatic rings. The van der Waals surface area contributed by atoms with Crippen molar-refractivity contribution in [2.24, 2.45) is 29.6 Å². The fourth-order valence-electron chi connectivity index (χ4n) is 5.59. The lowest BCUT2D eigenvalue weighted by molar-refractivity contribution is -0.0360. The molecule has 4 saturated carbocycles. The minimum atomic E-state index is 0.588. The lowest BCUT2D eigenvalue weighted by atomic mass is 9.51. The van der Waals surface area contributed by atoms with Gasteiger partial charge in [0.2, 0.25) is 0 Å². The van der Waals surface area contributed by atoms with Crippen LogP contribution in [0.4, 0.5) is 0 Å². The maximum atomic E-state index is 6.16. The molecule has 0 heterocycles. The Morgan fingerprint density at radius 3 is 2.14 bits per heavy atom. The van der Waals surface area contributed by atoms with E-state index in [1.54, 1.807) is 0 Å². The molecule has 0 N–H and O–H groups in total. The Morgan fingerprint density at radius 1 is 0.952 bits per heavy atom. The van der Waals surface area contributed by atoms with Gasteiger partial charge in [-0.15, -0.1) is 0 Å². The van der Waals surface area contributed by atoms with Crippen molar-refractivity contribution in [3.8, 4) is 0 Å². The van der Waals surface area contributed by atoms with Crippen LogP contribution in [-0.4, -0.2) is 4.83 Å². The highest BCUT2D eigenvalue weighted by Gasteiger charge is 2.49. The van der Waals surface area contributed by atoms with Crippen LogP contribution in [0.15, 0.2) is 18.2 Å². The van der Waals surface area contributed by atoms with Crippen LogP contribution < -0.4 is 0 Å². The summed E-state index contributed by atoms with van der Waals surface area (Å²) < 4.78 is 0. The minimum Gasteiger partial charge on any atom is -0.0884 e. The first kappa shape index (κ1) is 14.8. The van der Waals surface area contributed by atoms with Gasteiger partial charge in [0, 0.05) is 4.83 Å². The Bertz CT molecular complexity index is 514. The molecule has 3 heteroatoms. The van der Waals surface area contributed by atoms with E-state index in [0.29, 0.717) is 14.9 Å². The molecule has 4 bridgehead atoms. The Labute approximate surface area is 145 Å². The number of benzene rings is 1. The number of halogens is 3. The lowest BCUT2D eigenvalue weighted by Gasteiger charge is -2.55. The molecule has 0 amide bonds. The highest BCUT2D eigenvalue weighted by molar-refractivity contribution is 9.09. The number of hydrogen-bond acceptors (Lipinski definition) is 0. The summed E-state index contributed by atoms with van der Waals surface area (Å²) in [5.74, 6) is 4.90. The Kier molecular flexibility index (Phi) is 4.05. The summed E-state index contributed by atoms with van der Waals surface area (Å²) >= 11 is 16.2. The molecule has 114 valence electrons. The van der Waals surface area contributed by atoms with Gasteiger partial charge in [-0.2, -0.15) is 0 Å². The van der Waals surface area contributed by atoms with Gasteiger partial charge >= 0.3 is 0 Å². The van der Waals surface area contributed by atoms with Gasteiger partial charge < -0.3 is 0 Å². The van der Waals surface area contributed by atoms with Crippen LogP contribution in [0.25, 0.3) is 0 Å². The van der Waals surface area contributed by atoms with Crippen molar-refractivity contribution in [1.82, 2.24) is 0 Å². The first-order chi connectivity index (χ1) is 10.1. The first-order valence-corrected chi connectivity index (χ1v) is 9.85. The van der Waals surface area contributed by atoms with E-state index in [9.17, 15) is 0 Å². The van der Waals surface area contributed by atoms with E-state index in [0.717, 1.165) is 36.0 Å². The summed E-state index contributed by atoms with van der Waals surface area (Å²) in [5.41, 5.74) is 1.31. The van der Waals surface area contributed by atoms with E-state index in [4.69, 9.17) is 23.2 Å². The molecule has 1 atom stereocenters. The zero-order valence-electron chi connectivity index (χ0n) is 12.1. The molecule has 1 aromatic carbocycles. The molecular formula is C18H21BrCl2. The van der Waals surface area contributed by atoms with Gasteiger partial charge in [0.25, 0.3) is 0 Å². The predicted octanol–water partition coefficient (Wildman–Crippen LogP) is 6.37. The van der Waals surface area contributed by atoms with Crippen LogP contribution in [0.3, 0.4) is 0 Å². The van der Waals surface area contributed by atoms with Crippen molar-refractivity contribution in [2.45, 2.75) is 43.4 Å². The zero-order valence-corrected chi connectivity index (χ0v) is 15.2.